The van der Waals surface area contributed by atoms with Crippen LogP contribution in [0.2, 0.25) is 0 Å². The van der Waals surface area contributed by atoms with Crippen LogP contribution < -0.4 is 10.9 Å². The molecule has 0 saturated heterocycles. The lowest BCUT2D eigenvalue weighted by molar-refractivity contribution is -0.121. The fraction of sp³-hybridized carbons (Fsp3) is 0.455. The lowest BCUT2D eigenvalue weighted by atomic mass is 10.1. The molecule has 29 heavy (non-hydrogen) atoms. The van der Waals surface area contributed by atoms with Crippen molar-refractivity contribution in [2.24, 2.45) is 5.92 Å². The Morgan fingerprint density at radius 3 is 2.52 bits per heavy atom. The van der Waals surface area contributed by atoms with Crippen molar-refractivity contribution in [2.75, 3.05) is 6.54 Å². The van der Waals surface area contributed by atoms with Crippen LogP contribution in [0.15, 0.2) is 35.4 Å². The Kier molecular flexibility index (Phi) is 6.46. The summed E-state index contributed by atoms with van der Waals surface area (Å²) < 4.78 is 3.31. The first-order valence-electron chi connectivity index (χ1n) is 10.2. The van der Waals surface area contributed by atoms with Crippen LogP contribution in [0.3, 0.4) is 0 Å². The second-order valence-electron chi connectivity index (χ2n) is 8.02. The summed E-state index contributed by atoms with van der Waals surface area (Å²) >= 11 is 0. The molecule has 154 valence electrons. The van der Waals surface area contributed by atoms with Crippen LogP contribution in [0.5, 0.6) is 0 Å². The van der Waals surface area contributed by atoms with Crippen LogP contribution in [0.1, 0.15) is 50.1 Å². The molecule has 3 aromatic rings. The van der Waals surface area contributed by atoms with Gasteiger partial charge in [-0.2, -0.15) is 0 Å². The van der Waals surface area contributed by atoms with Crippen LogP contribution in [-0.2, 0) is 11.2 Å². The molecular weight excluding hydrogens is 366 g/mol. The van der Waals surface area contributed by atoms with E-state index in [0.717, 1.165) is 23.2 Å². The molecule has 0 aliphatic heterocycles. The molecule has 0 atom stereocenters. The van der Waals surface area contributed by atoms with E-state index in [4.69, 9.17) is 0 Å². The van der Waals surface area contributed by atoms with E-state index >= 15 is 0 Å². The van der Waals surface area contributed by atoms with E-state index in [1.54, 1.807) is 15.2 Å². The van der Waals surface area contributed by atoms with Crippen molar-refractivity contribution in [1.82, 2.24) is 24.5 Å². The third-order valence-corrected chi connectivity index (χ3v) is 4.87. The Morgan fingerprint density at radius 1 is 1.10 bits per heavy atom. The average molecular weight is 396 g/mol. The van der Waals surface area contributed by atoms with Gasteiger partial charge in [-0.3, -0.25) is 18.6 Å². The molecule has 1 N–H and O–H groups in total. The molecule has 0 saturated carbocycles. The number of hydrogen-bond donors (Lipinski definition) is 1. The summed E-state index contributed by atoms with van der Waals surface area (Å²) in [5.41, 5.74) is 3.10. The minimum absolute atomic E-state index is 0.0524. The van der Waals surface area contributed by atoms with Gasteiger partial charge in [0.2, 0.25) is 11.6 Å². The number of aromatic nitrogens is 4. The Bertz CT molecular complexity index is 1040. The molecule has 0 bridgehead atoms. The van der Waals surface area contributed by atoms with E-state index in [-0.39, 0.29) is 11.5 Å². The summed E-state index contributed by atoms with van der Waals surface area (Å²) in [5, 5.41) is 11.2. The molecule has 2 aromatic heterocycles. The first kappa shape index (κ1) is 20.8. The summed E-state index contributed by atoms with van der Waals surface area (Å²) in [7, 11) is 0. The van der Waals surface area contributed by atoms with Crippen molar-refractivity contribution < 1.29 is 4.79 Å². The minimum Gasteiger partial charge on any atom is -0.356 e. The highest BCUT2D eigenvalue weighted by Gasteiger charge is 2.12. The highest BCUT2D eigenvalue weighted by atomic mass is 16.1. The van der Waals surface area contributed by atoms with Crippen LogP contribution >= 0.6 is 0 Å². The molecule has 0 aliphatic rings. The SMILES string of the molecule is Cc1cc(C)cc(-n2ccn3c(CCCC(=O)NCCC(C)C)nnc3c2=O)c1. The van der Waals surface area contributed by atoms with E-state index in [1.165, 1.54) is 0 Å². The molecule has 0 radical (unpaired) electrons. The zero-order chi connectivity index (χ0) is 21.0. The van der Waals surface area contributed by atoms with Gasteiger partial charge in [0.1, 0.15) is 5.82 Å². The van der Waals surface area contributed by atoms with Crippen molar-refractivity contribution in [2.45, 2.75) is 53.4 Å². The highest BCUT2D eigenvalue weighted by Crippen LogP contribution is 2.13. The number of amides is 1. The van der Waals surface area contributed by atoms with Gasteiger partial charge in [-0.15, -0.1) is 10.2 Å². The smallest absolute Gasteiger partial charge is 0.300 e. The van der Waals surface area contributed by atoms with Crippen molar-refractivity contribution in [3.8, 4) is 5.69 Å². The van der Waals surface area contributed by atoms with Crippen LogP contribution in [0, 0.1) is 19.8 Å². The lowest BCUT2D eigenvalue weighted by Gasteiger charge is -2.09. The quantitative estimate of drug-likeness (QED) is 0.636. The van der Waals surface area contributed by atoms with E-state index in [9.17, 15) is 9.59 Å². The fourth-order valence-electron chi connectivity index (χ4n) is 3.39. The maximum atomic E-state index is 12.9. The Hall–Kier alpha value is -2.96. The number of nitrogens with one attached hydrogen (secondary N) is 1. The molecule has 3 rings (SSSR count). The van der Waals surface area contributed by atoms with Crippen LogP contribution in [0.25, 0.3) is 11.3 Å². The molecule has 7 heteroatoms. The maximum Gasteiger partial charge on any atom is 0.300 e. The molecule has 0 fully saturated rings. The summed E-state index contributed by atoms with van der Waals surface area (Å²) in [4.78, 5) is 24.8. The Labute approximate surface area is 170 Å². The third kappa shape index (κ3) is 5.10. The maximum absolute atomic E-state index is 12.9. The van der Waals surface area contributed by atoms with Crippen LogP contribution in [-0.4, -0.2) is 31.6 Å². The monoisotopic (exact) mass is 395 g/mol. The highest BCUT2D eigenvalue weighted by molar-refractivity contribution is 5.75. The molecule has 1 amide bonds. The van der Waals surface area contributed by atoms with Gasteiger partial charge in [-0.1, -0.05) is 19.9 Å². The van der Waals surface area contributed by atoms with E-state index in [2.05, 4.69) is 35.4 Å². The van der Waals surface area contributed by atoms with E-state index < -0.39 is 0 Å². The fourth-order valence-corrected chi connectivity index (χ4v) is 3.39. The number of nitrogens with zero attached hydrogens (tertiary/aromatic N) is 4. The van der Waals surface area contributed by atoms with Gasteiger partial charge in [0.25, 0.3) is 0 Å². The summed E-state index contributed by atoms with van der Waals surface area (Å²) in [5.74, 6) is 1.32. The summed E-state index contributed by atoms with van der Waals surface area (Å²) in [6, 6.07) is 6.02. The third-order valence-electron chi connectivity index (χ3n) is 4.87. The summed E-state index contributed by atoms with van der Waals surface area (Å²) in [6.07, 6.45) is 6.22. The van der Waals surface area contributed by atoms with Gasteiger partial charge in [-0.25, -0.2) is 0 Å². The normalized spacial score (nSPS) is 11.3. The largest absolute Gasteiger partial charge is 0.356 e. The summed E-state index contributed by atoms with van der Waals surface area (Å²) in [6.45, 7) is 9.00. The van der Waals surface area contributed by atoms with Crippen molar-refractivity contribution in [3.05, 3.63) is 57.9 Å². The standard InChI is InChI=1S/C22H29N5O2/c1-15(2)8-9-23-20(28)7-5-6-19-24-25-21-22(29)26(10-11-27(19)21)18-13-16(3)12-17(4)14-18/h10-15H,5-9H2,1-4H3,(H,23,28). The molecular formula is C22H29N5O2. The molecule has 2 heterocycles. The predicted octanol–water partition coefficient (Wildman–Crippen LogP) is 2.98. The van der Waals surface area contributed by atoms with Gasteiger partial charge in [0.15, 0.2) is 0 Å². The van der Waals surface area contributed by atoms with Gasteiger partial charge in [0.05, 0.1) is 0 Å². The lowest BCUT2D eigenvalue weighted by Crippen LogP contribution is -2.25. The molecule has 0 spiro atoms. The molecule has 7 nitrogen and oxygen atoms in total. The zero-order valence-corrected chi connectivity index (χ0v) is 17.6. The molecule has 0 aliphatic carbocycles. The predicted molar refractivity (Wildman–Crippen MR) is 113 cm³/mol. The number of aryl methyl sites for hydroxylation is 3. The number of benzene rings is 1. The van der Waals surface area contributed by atoms with Crippen molar-refractivity contribution in [3.63, 3.8) is 0 Å². The topological polar surface area (TPSA) is 81.3 Å². The van der Waals surface area contributed by atoms with E-state index in [0.29, 0.717) is 43.2 Å². The minimum atomic E-state index is -0.206. The van der Waals surface area contributed by atoms with Crippen molar-refractivity contribution in [1.29, 1.82) is 0 Å². The number of fused-ring (bicyclic) bond motifs is 1. The Morgan fingerprint density at radius 2 is 1.83 bits per heavy atom. The average Bonchev–Trinajstić information content (AvgIpc) is 3.05. The molecule has 0 unspecified atom stereocenters. The second kappa shape index (κ2) is 9.03. The van der Waals surface area contributed by atoms with Gasteiger partial charge >= 0.3 is 5.56 Å². The van der Waals surface area contributed by atoms with Gasteiger partial charge in [-0.05, 0) is 55.9 Å². The van der Waals surface area contributed by atoms with Gasteiger partial charge in [0, 0.05) is 37.5 Å². The first-order valence-corrected chi connectivity index (χ1v) is 10.2. The second-order valence-corrected chi connectivity index (χ2v) is 8.02. The van der Waals surface area contributed by atoms with Gasteiger partial charge < -0.3 is 5.32 Å². The van der Waals surface area contributed by atoms with Crippen LogP contribution in [0.4, 0.5) is 0 Å². The first-order chi connectivity index (χ1) is 13.8. The Balaban J connectivity index is 1.70. The molecule has 1 aromatic carbocycles. The zero-order valence-electron chi connectivity index (χ0n) is 17.6. The van der Waals surface area contributed by atoms with Crippen molar-refractivity contribution >= 4 is 11.6 Å². The number of carbonyl (C=O) groups is 1. The number of hydrogen-bond acceptors (Lipinski definition) is 4. The number of carbonyl (C=O) groups excluding carboxylic acids is 1. The number of rotatable bonds is 8. The van der Waals surface area contributed by atoms with E-state index in [1.807, 2.05) is 32.2 Å².